The number of aromatic nitrogens is 4. The molecule has 6 rings (SSSR count). The van der Waals surface area contributed by atoms with Gasteiger partial charge >= 0.3 is 6.61 Å². The predicted molar refractivity (Wildman–Crippen MR) is 122 cm³/mol. The first-order valence-electron chi connectivity index (χ1n) is 11.3. The van der Waals surface area contributed by atoms with Crippen molar-refractivity contribution in [2.45, 2.75) is 44.6 Å². The Balaban J connectivity index is 1.53. The van der Waals surface area contributed by atoms with Gasteiger partial charge in [-0.25, -0.2) is 19.3 Å². The topological polar surface area (TPSA) is 102 Å². The van der Waals surface area contributed by atoms with Gasteiger partial charge < -0.3 is 19.7 Å². The van der Waals surface area contributed by atoms with E-state index in [4.69, 9.17) is 4.74 Å². The average Bonchev–Trinajstić information content (AvgIpc) is 3.29. The second kappa shape index (κ2) is 7.76. The van der Waals surface area contributed by atoms with Gasteiger partial charge in [-0.1, -0.05) is 6.07 Å². The number of hydrogen-bond acceptors (Lipinski definition) is 6. The van der Waals surface area contributed by atoms with E-state index < -0.39 is 36.0 Å². The monoisotopic (exact) mass is 495 g/mol. The molecular weight excluding hydrogens is 475 g/mol. The second-order valence-corrected chi connectivity index (χ2v) is 9.39. The molecule has 2 aromatic carbocycles. The van der Waals surface area contributed by atoms with Crippen LogP contribution in [0, 0.1) is 5.82 Å². The molecule has 11 heteroatoms. The van der Waals surface area contributed by atoms with Crippen LogP contribution in [0.4, 0.5) is 13.2 Å². The molecule has 2 bridgehead atoms. The van der Waals surface area contributed by atoms with E-state index in [0.29, 0.717) is 34.4 Å². The number of nitrogens with zero attached hydrogens (tertiary/aromatic N) is 4. The van der Waals surface area contributed by atoms with E-state index in [9.17, 15) is 18.7 Å². The second-order valence-electron chi connectivity index (χ2n) is 9.39. The number of carbonyl (C=O) groups excluding carboxylic acids is 1. The van der Waals surface area contributed by atoms with Crippen molar-refractivity contribution in [3.8, 4) is 16.9 Å². The number of rotatable bonds is 4. The van der Waals surface area contributed by atoms with Gasteiger partial charge in [0.05, 0.1) is 23.1 Å². The van der Waals surface area contributed by atoms with E-state index in [1.165, 1.54) is 30.6 Å². The lowest BCUT2D eigenvalue weighted by Crippen LogP contribution is -2.28. The molecule has 2 aliphatic heterocycles. The summed E-state index contributed by atoms with van der Waals surface area (Å²) in [4.78, 5) is 25.8. The Labute approximate surface area is 202 Å². The van der Waals surface area contributed by atoms with Crippen LogP contribution in [0.2, 0.25) is 0 Å². The van der Waals surface area contributed by atoms with Crippen LogP contribution in [0.5, 0.6) is 5.75 Å². The molecule has 0 fully saturated rings. The van der Waals surface area contributed by atoms with Crippen LogP contribution in [0.25, 0.3) is 22.2 Å². The quantitative estimate of drug-likeness (QED) is 0.439. The normalized spacial score (nSPS) is 18.7. The van der Waals surface area contributed by atoms with Crippen LogP contribution in [-0.2, 0) is 5.60 Å². The molecule has 0 saturated heterocycles. The maximum atomic E-state index is 15.2. The van der Waals surface area contributed by atoms with E-state index in [1.807, 2.05) is 4.57 Å². The summed E-state index contributed by atoms with van der Waals surface area (Å²) in [5.41, 5.74) is 0.860. The first kappa shape index (κ1) is 22.5. The van der Waals surface area contributed by atoms with Crippen molar-refractivity contribution in [2.24, 2.45) is 0 Å². The predicted octanol–water partition coefficient (Wildman–Crippen LogP) is 4.24. The Bertz CT molecular complexity index is 1530. The standard InChI is InChI=1S/C25H20F3N5O3/c1-25(2,35)23-29-9-11(10-30-23)13-6-17-15(7-14(13)26)31-21-16-8-18(33(17)21)20-12(22(34)32-16)4-3-5-19(20)36-24(27)28/h3-7,9-10,16,18,24,35H,8H2,1-2H3,(H,32,34). The molecule has 0 radical (unpaired) electrons. The minimum Gasteiger partial charge on any atom is -0.434 e. The number of alkyl halides is 2. The van der Waals surface area contributed by atoms with Gasteiger partial charge in [-0.05, 0) is 38.5 Å². The number of ether oxygens (including phenoxy) is 1. The number of halogens is 3. The highest BCUT2D eigenvalue weighted by Crippen LogP contribution is 2.47. The van der Waals surface area contributed by atoms with Gasteiger partial charge in [-0.15, -0.1) is 0 Å². The Morgan fingerprint density at radius 2 is 1.94 bits per heavy atom. The molecule has 36 heavy (non-hydrogen) atoms. The summed E-state index contributed by atoms with van der Waals surface area (Å²) < 4.78 is 48.2. The molecule has 2 atom stereocenters. The van der Waals surface area contributed by atoms with E-state index in [0.717, 1.165) is 0 Å². The third-order valence-electron chi connectivity index (χ3n) is 6.56. The summed E-state index contributed by atoms with van der Waals surface area (Å²) in [6.45, 7) is 0.0348. The van der Waals surface area contributed by atoms with Gasteiger partial charge in [0.2, 0.25) is 0 Å². The molecule has 2 aliphatic rings. The lowest BCUT2D eigenvalue weighted by Gasteiger charge is -2.21. The first-order valence-corrected chi connectivity index (χ1v) is 11.3. The minimum absolute atomic E-state index is 0.0871. The third kappa shape index (κ3) is 3.41. The summed E-state index contributed by atoms with van der Waals surface area (Å²) in [5, 5.41) is 13.0. The number of benzene rings is 2. The van der Waals surface area contributed by atoms with Crippen LogP contribution in [0.1, 0.15) is 59.9 Å². The van der Waals surface area contributed by atoms with E-state index in [2.05, 4.69) is 20.3 Å². The summed E-state index contributed by atoms with van der Waals surface area (Å²) in [5.74, 6) is -0.344. The van der Waals surface area contributed by atoms with E-state index in [-0.39, 0.29) is 22.7 Å². The van der Waals surface area contributed by atoms with Crippen molar-refractivity contribution in [2.75, 3.05) is 0 Å². The molecule has 2 N–H and O–H groups in total. The Morgan fingerprint density at radius 3 is 2.64 bits per heavy atom. The highest BCUT2D eigenvalue weighted by molar-refractivity contribution is 5.98. The van der Waals surface area contributed by atoms with Crippen LogP contribution < -0.4 is 10.1 Å². The Morgan fingerprint density at radius 1 is 1.19 bits per heavy atom. The van der Waals surface area contributed by atoms with Crippen LogP contribution in [0.3, 0.4) is 0 Å². The number of amides is 1. The largest absolute Gasteiger partial charge is 0.434 e. The molecule has 0 spiro atoms. The fourth-order valence-corrected chi connectivity index (χ4v) is 5.04. The molecule has 8 nitrogen and oxygen atoms in total. The number of hydrogen-bond donors (Lipinski definition) is 2. The highest BCUT2D eigenvalue weighted by atomic mass is 19.3. The van der Waals surface area contributed by atoms with Crippen molar-refractivity contribution in [1.82, 2.24) is 24.8 Å². The van der Waals surface area contributed by atoms with Gasteiger partial charge in [0.15, 0.2) is 5.82 Å². The lowest BCUT2D eigenvalue weighted by atomic mass is 9.97. The fourth-order valence-electron chi connectivity index (χ4n) is 5.04. The maximum Gasteiger partial charge on any atom is 0.387 e. The van der Waals surface area contributed by atoms with Gasteiger partial charge in [-0.2, -0.15) is 8.78 Å². The SMILES string of the molecule is CC(C)(O)c1ncc(-c2cc3c(cc2F)nc2n3C3CC2NC(=O)c2cccc(OC(F)F)c23)cn1. The smallest absolute Gasteiger partial charge is 0.387 e. The average molecular weight is 495 g/mol. The summed E-state index contributed by atoms with van der Waals surface area (Å²) in [6, 6.07) is 6.34. The molecule has 184 valence electrons. The Kier molecular flexibility index (Phi) is 4.84. The molecule has 2 aromatic heterocycles. The zero-order valence-corrected chi connectivity index (χ0v) is 19.2. The zero-order valence-electron chi connectivity index (χ0n) is 19.2. The summed E-state index contributed by atoms with van der Waals surface area (Å²) in [6.07, 6.45) is 3.25. The van der Waals surface area contributed by atoms with Crippen LogP contribution in [0.15, 0.2) is 42.7 Å². The fraction of sp³-hybridized carbons (Fsp3) is 0.280. The van der Waals surface area contributed by atoms with E-state index >= 15 is 4.39 Å². The molecule has 4 aromatic rings. The third-order valence-corrected chi connectivity index (χ3v) is 6.56. The number of carbonyl (C=O) groups is 1. The van der Waals surface area contributed by atoms with Gasteiger partial charge in [0.25, 0.3) is 5.91 Å². The molecule has 2 unspecified atom stereocenters. The number of aliphatic hydroxyl groups is 1. The van der Waals surface area contributed by atoms with Gasteiger partial charge in [0, 0.05) is 40.7 Å². The number of nitrogens with one attached hydrogen (secondary N) is 1. The van der Waals surface area contributed by atoms with Crippen molar-refractivity contribution in [1.29, 1.82) is 0 Å². The first-order chi connectivity index (χ1) is 17.1. The molecule has 4 heterocycles. The highest BCUT2D eigenvalue weighted by Gasteiger charge is 2.42. The van der Waals surface area contributed by atoms with E-state index in [1.54, 1.807) is 26.0 Å². The summed E-state index contributed by atoms with van der Waals surface area (Å²) >= 11 is 0. The molecule has 0 saturated carbocycles. The maximum absolute atomic E-state index is 15.2. The van der Waals surface area contributed by atoms with Crippen molar-refractivity contribution >= 4 is 16.9 Å². The van der Waals surface area contributed by atoms with Gasteiger partial charge in [0.1, 0.15) is 23.0 Å². The minimum atomic E-state index is -3.06. The number of imidazole rings is 1. The molecular formula is C25H20F3N5O3. The summed E-state index contributed by atoms with van der Waals surface area (Å²) in [7, 11) is 0. The van der Waals surface area contributed by atoms with Crippen LogP contribution >= 0.6 is 0 Å². The van der Waals surface area contributed by atoms with Crippen molar-refractivity contribution in [3.63, 3.8) is 0 Å². The number of fused-ring (bicyclic) bond motifs is 9. The Hall–Kier alpha value is -3.99. The van der Waals surface area contributed by atoms with Crippen molar-refractivity contribution < 1.29 is 27.8 Å². The molecule has 1 amide bonds. The van der Waals surface area contributed by atoms with Gasteiger partial charge in [-0.3, -0.25) is 4.79 Å². The van der Waals surface area contributed by atoms with Crippen LogP contribution in [-0.4, -0.2) is 37.1 Å². The molecule has 0 aliphatic carbocycles. The van der Waals surface area contributed by atoms with Crippen molar-refractivity contribution in [3.05, 3.63) is 71.3 Å². The lowest BCUT2D eigenvalue weighted by molar-refractivity contribution is -0.0507. The zero-order chi connectivity index (χ0) is 25.4.